The van der Waals surface area contributed by atoms with Crippen LogP contribution in [0.4, 0.5) is 8.78 Å². The van der Waals surface area contributed by atoms with Crippen molar-refractivity contribution in [3.05, 3.63) is 90.0 Å². The number of rotatable bonds is 9. The highest BCUT2D eigenvalue weighted by Gasteiger charge is 2.14. The van der Waals surface area contributed by atoms with Crippen LogP contribution in [0, 0.1) is 0 Å². The van der Waals surface area contributed by atoms with Gasteiger partial charge in [-0.25, -0.2) is 9.98 Å². The zero-order valence-corrected chi connectivity index (χ0v) is 17.0. The Hall–Kier alpha value is -3.22. The van der Waals surface area contributed by atoms with E-state index in [0.717, 1.165) is 11.0 Å². The van der Waals surface area contributed by atoms with E-state index in [-0.39, 0.29) is 18.3 Å². The van der Waals surface area contributed by atoms with Crippen molar-refractivity contribution in [1.82, 2.24) is 20.2 Å². The van der Waals surface area contributed by atoms with Gasteiger partial charge in [0.05, 0.1) is 0 Å². The van der Waals surface area contributed by atoms with Gasteiger partial charge >= 0.3 is 6.55 Å². The molecule has 0 aliphatic carbocycles. The molecule has 0 spiro atoms. The zero-order chi connectivity index (χ0) is 21.2. The van der Waals surface area contributed by atoms with Gasteiger partial charge in [-0.3, -0.25) is 4.57 Å². The molecule has 2 aromatic carbocycles. The molecule has 0 radical (unpaired) electrons. The molecule has 0 bridgehead atoms. The Balaban J connectivity index is 1.71. The lowest BCUT2D eigenvalue weighted by Gasteiger charge is -2.20. The fraction of sp³-hybridized carbons (Fsp3) is 0.304. The van der Waals surface area contributed by atoms with Gasteiger partial charge in [0.25, 0.3) is 0 Å². The second kappa shape index (κ2) is 11.1. The molecule has 0 amide bonds. The minimum atomic E-state index is -2.62. The third-order valence-corrected chi connectivity index (χ3v) is 4.79. The summed E-state index contributed by atoms with van der Waals surface area (Å²) in [6.45, 7) is 0.747. The molecule has 3 rings (SSSR count). The highest BCUT2D eigenvalue weighted by Crippen LogP contribution is 2.20. The summed E-state index contributed by atoms with van der Waals surface area (Å²) in [5, 5.41) is 6.54. The summed E-state index contributed by atoms with van der Waals surface area (Å²) in [5.41, 5.74) is 2.49. The van der Waals surface area contributed by atoms with Gasteiger partial charge in [-0.15, -0.1) is 0 Å². The summed E-state index contributed by atoms with van der Waals surface area (Å²) in [5.74, 6) is 1.04. The maximum atomic E-state index is 13.0. The molecule has 1 atom stereocenters. The van der Waals surface area contributed by atoms with E-state index in [0.29, 0.717) is 19.0 Å². The first-order chi connectivity index (χ1) is 14.7. The van der Waals surface area contributed by atoms with E-state index in [1.165, 1.54) is 23.5 Å². The van der Waals surface area contributed by atoms with Gasteiger partial charge in [0.2, 0.25) is 0 Å². The second-order valence-electron chi connectivity index (χ2n) is 6.90. The Kier molecular flexibility index (Phi) is 7.94. The number of hydrogen-bond donors (Lipinski definition) is 2. The summed E-state index contributed by atoms with van der Waals surface area (Å²) in [7, 11) is 0. The van der Waals surface area contributed by atoms with E-state index in [1.807, 2.05) is 43.3 Å². The predicted octanol–water partition coefficient (Wildman–Crippen LogP) is 4.36. The van der Waals surface area contributed by atoms with Gasteiger partial charge in [-0.2, -0.15) is 8.78 Å². The molecule has 1 aromatic heterocycles. The second-order valence-corrected chi connectivity index (χ2v) is 6.90. The van der Waals surface area contributed by atoms with Crippen LogP contribution in [0.1, 0.15) is 36.3 Å². The fourth-order valence-electron chi connectivity index (χ4n) is 3.29. The third kappa shape index (κ3) is 6.14. The zero-order valence-electron chi connectivity index (χ0n) is 17.0. The molecule has 1 heterocycles. The first-order valence-corrected chi connectivity index (χ1v) is 10.1. The number of aromatic nitrogens is 2. The van der Waals surface area contributed by atoms with Gasteiger partial charge in [-0.1, -0.05) is 60.7 Å². The molecule has 5 nitrogen and oxygen atoms in total. The number of nitrogens with one attached hydrogen (secondary N) is 2. The minimum Gasteiger partial charge on any atom is -0.357 e. The van der Waals surface area contributed by atoms with Gasteiger partial charge in [0.1, 0.15) is 12.4 Å². The number of guanidine groups is 1. The molecular weight excluding hydrogens is 384 g/mol. The van der Waals surface area contributed by atoms with E-state index in [2.05, 4.69) is 44.9 Å². The summed E-state index contributed by atoms with van der Waals surface area (Å²) in [4.78, 5) is 8.44. The number of nitrogens with zero attached hydrogens (tertiary/aromatic N) is 3. The van der Waals surface area contributed by atoms with Crippen molar-refractivity contribution in [2.75, 3.05) is 13.1 Å². The minimum absolute atomic E-state index is 0.0708. The molecule has 0 aliphatic rings. The van der Waals surface area contributed by atoms with Crippen LogP contribution in [-0.4, -0.2) is 28.6 Å². The topological polar surface area (TPSA) is 54.2 Å². The molecule has 7 heteroatoms. The molecule has 1 unspecified atom stereocenters. The van der Waals surface area contributed by atoms with Crippen molar-refractivity contribution in [1.29, 1.82) is 0 Å². The van der Waals surface area contributed by atoms with Gasteiger partial charge < -0.3 is 10.6 Å². The van der Waals surface area contributed by atoms with Gasteiger partial charge in [0.15, 0.2) is 5.96 Å². The van der Waals surface area contributed by atoms with Crippen LogP contribution < -0.4 is 10.6 Å². The highest BCUT2D eigenvalue weighted by molar-refractivity contribution is 5.79. The number of imidazole rings is 1. The molecule has 0 saturated heterocycles. The van der Waals surface area contributed by atoms with Crippen molar-refractivity contribution in [2.24, 2.45) is 4.99 Å². The number of benzene rings is 2. The van der Waals surface area contributed by atoms with Crippen molar-refractivity contribution in [3.63, 3.8) is 0 Å². The normalized spacial score (nSPS) is 12.7. The molecule has 30 heavy (non-hydrogen) atoms. The monoisotopic (exact) mass is 411 g/mol. The van der Waals surface area contributed by atoms with Crippen LogP contribution in [0.2, 0.25) is 0 Å². The van der Waals surface area contributed by atoms with Crippen molar-refractivity contribution < 1.29 is 8.78 Å². The number of alkyl halides is 2. The lowest BCUT2D eigenvalue weighted by Crippen LogP contribution is -2.39. The molecule has 0 aliphatic heterocycles. The van der Waals surface area contributed by atoms with E-state index in [1.54, 1.807) is 0 Å². The largest absolute Gasteiger partial charge is 0.357 e. The lowest BCUT2D eigenvalue weighted by atomic mass is 9.92. The predicted molar refractivity (Wildman–Crippen MR) is 116 cm³/mol. The summed E-state index contributed by atoms with van der Waals surface area (Å²) in [6, 6.07) is 20.7. The van der Waals surface area contributed by atoms with E-state index in [4.69, 9.17) is 0 Å². The Morgan fingerprint density at radius 3 is 2.40 bits per heavy atom. The fourth-order valence-corrected chi connectivity index (χ4v) is 3.29. The van der Waals surface area contributed by atoms with Crippen LogP contribution in [0.3, 0.4) is 0 Å². The molecule has 158 valence electrons. The average Bonchev–Trinajstić information content (AvgIpc) is 3.25. The smallest absolute Gasteiger partial charge is 0.319 e. The lowest BCUT2D eigenvalue weighted by molar-refractivity contribution is 0.0671. The Bertz CT molecular complexity index is 910. The molecular formula is C23H27F2N5. The van der Waals surface area contributed by atoms with Crippen LogP contribution in [-0.2, 0) is 13.0 Å². The first kappa shape index (κ1) is 21.5. The van der Waals surface area contributed by atoms with Crippen LogP contribution in [0.5, 0.6) is 0 Å². The molecule has 3 aromatic rings. The first-order valence-electron chi connectivity index (χ1n) is 10.1. The van der Waals surface area contributed by atoms with Crippen LogP contribution in [0.25, 0.3) is 0 Å². The van der Waals surface area contributed by atoms with Gasteiger partial charge in [0, 0.05) is 31.4 Å². The van der Waals surface area contributed by atoms with Gasteiger partial charge in [-0.05, 0) is 24.5 Å². The van der Waals surface area contributed by atoms with Crippen LogP contribution >= 0.6 is 0 Å². The number of halogens is 2. The SMILES string of the molecule is CCNC(=NCc1nccn1C(F)F)NCC(Cc1ccccc1)c1ccccc1. The summed E-state index contributed by atoms with van der Waals surface area (Å²) < 4.78 is 26.9. The third-order valence-electron chi connectivity index (χ3n) is 4.79. The standard InChI is InChI=1S/C23H27F2N5/c1-2-26-23(29-17-21-27-13-14-30(21)22(24)25)28-16-20(19-11-7-4-8-12-19)15-18-9-5-3-6-10-18/h3-14,20,22H,2,15-17H2,1H3,(H2,26,28,29). The Labute approximate surface area is 175 Å². The molecule has 2 N–H and O–H groups in total. The quantitative estimate of drug-likeness (QED) is 0.406. The average molecular weight is 412 g/mol. The van der Waals surface area contributed by atoms with Crippen molar-refractivity contribution in [3.8, 4) is 0 Å². The van der Waals surface area contributed by atoms with Crippen molar-refractivity contribution in [2.45, 2.75) is 32.4 Å². The molecule has 0 saturated carbocycles. The van der Waals surface area contributed by atoms with E-state index >= 15 is 0 Å². The Morgan fingerprint density at radius 2 is 1.73 bits per heavy atom. The number of aliphatic imine (C=N–C) groups is 1. The summed E-state index contributed by atoms with van der Waals surface area (Å²) in [6.07, 6.45) is 3.51. The maximum Gasteiger partial charge on any atom is 0.319 e. The number of hydrogen-bond acceptors (Lipinski definition) is 2. The summed E-state index contributed by atoms with van der Waals surface area (Å²) >= 11 is 0. The van der Waals surface area contributed by atoms with E-state index < -0.39 is 6.55 Å². The Morgan fingerprint density at radius 1 is 1.03 bits per heavy atom. The molecule has 0 fully saturated rings. The van der Waals surface area contributed by atoms with E-state index in [9.17, 15) is 8.78 Å². The van der Waals surface area contributed by atoms with Crippen molar-refractivity contribution >= 4 is 5.96 Å². The van der Waals surface area contributed by atoms with Crippen LogP contribution in [0.15, 0.2) is 78.0 Å². The maximum absolute atomic E-state index is 13.0. The highest BCUT2D eigenvalue weighted by atomic mass is 19.3.